The summed E-state index contributed by atoms with van der Waals surface area (Å²) >= 11 is 0. The first-order valence-electron chi connectivity index (χ1n) is 8.54. The second kappa shape index (κ2) is 8.47. The molecular formula is C18H25N3O3. The van der Waals surface area contributed by atoms with Crippen LogP contribution in [-0.2, 0) is 0 Å². The number of pyridine rings is 1. The van der Waals surface area contributed by atoms with E-state index in [-0.39, 0.29) is 5.56 Å². The van der Waals surface area contributed by atoms with Crippen LogP contribution in [0.5, 0.6) is 5.88 Å². The van der Waals surface area contributed by atoms with Crippen molar-refractivity contribution in [1.29, 1.82) is 0 Å². The van der Waals surface area contributed by atoms with Gasteiger partial charge in [0.05, 0.1) is 0 Å². The Morgan fingerprint density at radius 3 is 2.67 bits per heavy atom. The lowest BCUT2D eigenvalue weighted by Gasteiger charge is -2.08. The number of hydrogen-bond acceptors (Lipinski definition) is 4. The molecule has 0 aliphatic heterocycles. The Morgan fingerprint density at radius 1 is 1.21 bits per heavy atom. The molecule has 0 aliphatic carbocycles. The zero-order valence-electron chi connectivity index (χ0n) is 14.3. The molecule has 0 saturated carbocycles. The van der Waals surface area contributed by atoms with Crippen LogP contribution in [0.1, 0.15) is 61.4 Å². The van der Waals surface area contributed by atoms with E-state index in [1.807, 2.05) is 6.92 Å². The van der Waals surface area contributed by atoms with Gasteiger partial charge in [-0.05, 0) is 25.0 Å². The van der Waals surface area contributed by atoms with E-state index < -0.39 is 17.3 Å². The van der Waals surface area contributed by atoms with Crippen molar-refractivity contribution in [3.63, 3.8) is 0 Å². The van der Waals surface area contributed by atoms with Crippen LogP contribution in [0.3, 0.4) is 0 Å². The van der Waals surface area contributed by atoms with Gasteiger partial charge in [-0.15, -0.1) is 0 Å². The average molecular weight is 331 g/mol. The lowest BCUT2D eigenvalue weighted by Crippen LogP contribution is -2.32. The molecule has 130 valence electrons. The normalized spacial score (nSPS) is 10.9. The number of unbranched alkanes of at least 4 members (excludes halogenated alkanes) is 5. The molecule has 0 radical (unpaired) electrons. The highest BCUT2D eigenvalue weighted by atomic mass is 16.3. The fourth-order valence-corrected chi connectivity index (χ4v) is 2.63. The van der Waals surface area contributed by atoms with E-state index in [0.29, 0.717) is 12.2 Å². The average Bonchev–Trinajstić information content (AvgIpc) is 2.55. The number of aryl methyl sites for hydroxylation is 1. The van der Waals surface area contributed by atoms with E-state index in [0.717, 1.165) is 24.8 Å². The highest BCUT2D eigenvalue weighted by Gasteiger charge is 2.19. The molecule has 2 aromatic heterocycles. The molecular weight excluding hydrogens is 306 g/mol. The Morgan fingerprint density at radius 2 is 1.92 bits per heavy atom. The monoisotopic (exact) mass is 331 g/mol. The molecule has 2 heterocycles. The molecule has 2 aromatic rings. The molecule has 24 heavy (non-hydrogen) atoms. The first-order chi connectivity index (χ1) is 11.5. The first kappa shape index (κ1) is 18.0. The molecule has 6 heteroatoms. The van der Waals surface area contributed by atoms with Gasteiger partial charge in [-0.3, -0.25) is 14.0 Å². The van der Waals surface area contributed by atoms with Gasteiger partial charge >= 0.3 is 0 Å². The van der Waals surface area contributed by atoms with E-state index in [1.54, 1.807) is 18.3 Å². The van der Waals surface area contributed by atoms with Gasteiger partial charge in [0, 0.05) is 12.7 Å². The summed E-state index contributed by atoms with van der Waals surface area (Å²) in [5.74, 6) is -1.10. The Labute approximate surface area is 141 Å². The minimum atomic E-state index is -0.575. The summed E-state index contributed by atoms with van der Waals surface area (Å²) < 4.78 is 1.29. The maximum absolute atomic E-state index is 12.5. The predicted octanol–water partition coefficient (Wildman–Crippen LogP) is 2.80. The van der Waals surface area contributed by atoms with Gasteiger partial charge < -0.3 is 10.4 Å². The standard InChI is InChI=1S/C18H25N3O3/c1-3-4-5-6-7-8-11-19-16(22)15-17(23)20-14-10-9-13(2)12-21(14)18(15)24/h9-10,12,23H,3-8,11H2,1-2H3,(H,19,22). The summed E-state index contributed by atoms with van der Waals surface area (Å²) in [6.07, 6.45) is 8.30. The third-order valence-corrected chi connectivity index (χ3v) is 3.99. The smallest absolute Gasteiger partial charge is 0.274 e. The largest absolute Gasteiger partial charge is 0.493 e. The Bertz CT molecular complexity index is 768. The van der Waals surface area contributed by atoms with Gasteiger partial charge in [-0.2, -0.15) is 4.98 Å². The van der Waals surface area contributed by atoms with E-state index in [1.165, 1.54) is 23.7 Å². The van der Waals surface area contributed by atoms with Crippen LogP contribution < -0.4 is 10.9 Å². The molecule has 0 atom stereocenters. The maximum Gasteiger partial charge on any atom is 0.274 e. The quantitative estimate of drug-likeness (QED) is 0.729. The summed E-state index contributed by atoms with van der Waals surface area (Å²) in [6.45, 7) is 4.50. The number of nitrogens with zero attached hydrogens (tertiary/aromatic N) is 2. The van der Waals surface area contributed by atoms with Crippen molar-refractivity contribution >= 4 is 11.6 Å². The fourth-order valence-electron chi connectivity index (χ4n) is 2.63. The SMILES string of the molecule is CCCCCCCCNC(=O)c1c(O)nc2ccc(C)cn2c1=O. The third-order valence-electron chi connectivity index (χ3n) is 3.99. The van der Waals surface area contributed by atoms with Crippen LogP contribution in [0.15, 0.2) is 23.1 Å². The topological polar surface area (TPSA) is 83.7 Å². The number of carbonyl (C=O) groups excluding carboxylic acids is 1. The fraction of sp³-hybridized carbons (Fsp3) is 0.500. The molecule has 0 bridgehead atoms. The van der Waals surface area contributed by atoms with Crippen molar-refractivity contribution in [2.75, 3.05) is 6.54 Å². The van der Waals surface area contributed by atoms with Crippen LogP contribution in [0, 0.1) is 6.92 Å². The number of hydrogen-bond donors (Lipinski definition) is 2. The van der Waals surface area contributed by atoms with Crippen molar-refractivity contribution in [1.82, 2.24) is 14.7 Å². The predicted molar refractivity (Wildman–Crippen MR) is 93.6 cm³/mol. The van der Waals surface area contributed by atoms with Gasteiger partial charge in [0.15, 0.2) is 5.56 Å². The minimum absolute atomic E-state index is 0.302. The molecule has 0 aliphatic rings. The number of amides is 1. The zero-order valence-corrected chi connectivity index (χ0v) is 14.3. The van der Waals surface area contributed by atoms with Crippen molar-refractivity contribution in [2.24, 2.45) is 0 Å². The number of nitrogens with one attached hydrogen (secondary N) is 1. The van der Waals surface area contributed by atoms with Crippen molar-refractivity contribution in [2.45, 2.75) is 52.4 Å². The highest BCUT2D eigenvalue weighted by Crippen LogP contribution is 2.12. The van der Waals surface area contributed by atoms with Gasteiger partial charge in [0.25, 0.3) is 11.5 Å². The summed E-state index contributed by atoms with van der Waals surface area (Å²) in [7, 11) is 0. The van der Waals surface area contributed by atoms with Crippen LogP contribution in [0.2, 0.25) is 0 Å². The van der Waals surface area contributed by atoms with Crippen LogP contribution in [-0.4, -0.2) is 26.9 Å². The van der Waals surface area contributed by atoms with E-state index in [4.69, 9.17) is 0 Å². The van der Waals surface area contributed by atoms with Gasteiger partial charge in [0.1, 0.15) is 5.65 Å². The molecule has 1 amide bonds. The molecule has 2 N–H and O–H groups in total. The minimum Gasteiger partial charge on any atom is -0.493 e. The van der Waals surface area contributed by atoms with E-state index in [2.05, 4.69) is 17.2 Å². The van der Waals surface area contributed by atoms with Crippen LogP contribution >= 0.6 is 0 Å². The Balaban J connectivity index is 2.03. The number of rotatable bonds is 8. The summed E-state index contributed by atoms with van der Waals surface area (Å²) in [4.78, 5) is 28.6. The number of aromatic nitrogens is 2. The third kappa shape index (κ3) is 4.34. The molecule has 2 rings (SSSR count). The number of aromatic hydroxyl groups is 1. The van der Waals surface area contributed by atoms with Gasteiger partial charge in [-0.1, -0.05) is 45.1 Å². The summed E-state index contributed by atoms with van der Waals surface area (Å²) in [5.41, 5.74) is 0.330. The Kier molecular flexibility index (Phi) is 6.35. The lowest BCUT2D eigenvalue weighted by molar-refractivity contribution is 0.0947. The molecule has 0 unspecified atom stereocenters. The molecule has 0 aromatic carbocycles. The lowest BCUT2D eigenvalue weighted by atomic mass is 10.1. The van der Waals surface area contributed by atoms with Gasteiger partial charge in [0.2, 0.25) is 5.88 Å². The number of carbonyl (C=O) groups is 1. The van der Waals surface area contributed by atoms with E-state index in [9.17, 15) is 14.7 Å². The highest BCUT2D eigenvalue weighted by molar-refractivity contribution is 5.96. The maximum atomic E-state index is 12.5. The van der Waals surface area contributed by atoms with Crippen LogP contribution in [0.4, 0.5) is 0 Å². The van der Waals surface area contributed by atoms with Crippen molar-refractivity contribution in [3.8, 4) is 5.88 Å². The van der Waals surface area contributed by atoms with Crippen molar-refractivity contribution < 1.29 is 9.90 Å². The Hall–Kier alpha value is -2.37. The summed E-state index contributed by atoms with van der Waals surface area (Å²) in [5, 5.41) is 12.6. The molecule has 0 fully saturated rings. The second-order valence-electron chi connectivity index (χ2n) is 6.07. The van der Waals surface area contributed by atoms with Crippen LogP contribution in [0.25, 0.3) is 5.65 Å². The molecule has 0 spiro atoms. The number of fused-ring (bicyclic) bond motifs is 1. The zero-order chi connectivity index (χ0) is 17.5. The molecule has 6 nitrogen and oxygen atoms in total. The van der Waals surface area contributed by atoms with Crippen molar-refractivity contribution in [3.05, 3.63) is 39.8 Å². The summed E-state index contributed by atoms with van der Waals surface area (Å²) in [6, 6.07) is 3.42. The second-order valence-corrected chi connectivity index (χ2v) is 6.07. The first-order valence-corrected chi connectivity index (χ1v) is 8.54. The van der Waals surface area contributed by atoms with Gasteiger partial charge in [-0.25, -0.2) is 0 Å². The molecule has 0 saturated heterocycles. The van der Waals surface area contributed by atoms with E-state index >= 15 is 0 Å².